The molecule has 2 heterocycles. The average Bonchev–Trinajstić information content (AvgIpc) is 3.29. The van der Waals surface area contributed by atoms with Crippen molar-refractivity contribution in [3.8, 4) is 6.07 Å². The topological polar surface area (TPSA) is 155 Å². The highest BCUT2D eigenvalue weighted by Gasteiger charge is 2.25. The second-order valence-corrected chi connectivity index (χ2v) is 9.30. The summed E-state index contributed by atoms with van der Waals surface area (Å²) >= 11 is 0. The first kappa shape index (κ1) is 23.0. The SMILES string of the molecule is CC1(C)CC=C(c2cc(C3CNC(=NC(=O)O)NC3)ccc2NC(=O)c2nc(C#N)c[nH]2)CC1. The highest BCUT2D eigenvalue weighted by molar-refractivity contribution is 6.03. The molecule has 34 heavy (non-hydrogen) atoms. The Balaban J connectivity index is 1.61. The van der Waals surface area contributed by atoms with Crippen LogP contribution in [0.2, 0.25) is 0 Å². The Bertz CT molecular complexity index is 1210. The van der Waals surface area contributed by atoms with Crippen LogP contribution in [0.3, 0.4) is 0 Å². The molecule has 10 heteroatoms. The van der Waals surface area contributed by atoms with Crippen LogP contribution in [0, 0.1) is 16.7 Å². The van der Waals surface area contributed by atoms with Crippen molar-refractivity contribution >= 4 is 29.2 Å². The number of nitrogens with one attached hydrogen (secondary N) is 4. The van der Waals surface area contributed by atoms with E-state index in [1.54, 1.807) is 0 Å². The Morgan fingerprint density at radius 3 is 2.68 bits per heavy atom. The lowest BCUT2D eigenvalue weighted by Crippen LogP contribution is -2.48. The normalized spacial score (nSPS) is 19.1. The summed E-state index contributed by atoms with van der Waals surface area (Å²) in [7, 11) is 0. The second-order valence-electron chi connectivity index (χ2n) is 9.30. The lowest BCUT2D eigenvalue weighted by Gasteiger charge is -2.30. The molecule has 0 bridgehead atoms. The van der Waals surface area contributed by atoms with Crippen LogP contribution < -0.4 is 16.0 Å². The zero-order chi connectivity index (χ0) is 24.3. The molecule has 2 aliphatic rings. The number of imidazole rings is 1. The summed E-state index contributed by atoms with van der Waals surface area (Å²) in [6.07, 6.45) is 5.28. The largest absolute Gasteiger partial charge is 0.463 e. The van der Waals surface area contributed by atoms with Gasteiger partial charge < -0.3 is 26.0 Å². The third-order valence-electron chi connectivity index (χ3n) is 6.23. The van der Waals surface area contributed by atoms with Crippen LogP contribution in [-0.4, -0.2) is 46.1 Å². The number of guanidine groups is 1. The Morgan fingerprint density at radius 2 is 2.06 bits per heavy atom. The molecule has 4 rings (SSSR count). The summed E-state index contributed by atoms with van der Waals surface area (Å²) in [6, 6.07) is 7.85. The third-order valence-corrected chi connectivity index (χ3v) is 6.23. The molecule has 0 unspecified atom stereocenters. The van der Waals surface area contributed by atoms with Crippen molar-refractivity contribution in [3.05, 3.63) is 53.1 Å². The summed E-state index contributed by atoms with van der Waals surface area (Å²) in [4.78, 5) is 33.8. The fourth-order valence-electron chi connectivity index (χ4n) is 4.17. The van der Waals surface area contributed by atoms with Gasteiger partial charge in [0.1, 0.15) is 6.07 Å². The zero-order valence-electron chi connectivity index (χ0n) is 19.1. The number of hydrogen-bond donors (Lipinski definition) is 5. The maximum absolute atomic E-state index is 12.8. The fraction of sp³-hybridized carbons (Fsp3) is 0.375. The Morgan fingerprint density at radius 1 is 1.29 bits per heavy atom. The van der Waals surface area contributed by atoms with Crippen molar-refractivity contribution in [1.82, 2.24) is 20.6 Å². The lowest BCUT2D eigenvalue weighted by atomic mass is 9.76. The van der Waals surface area contributed by atoms with Crippen molar-refractivity contribution in [2.75, 3.05) is 18.4 Å². The number of nitrogens with zero attached hydrogens (tertiary/aromatic N) is 3. The zero-order valence-corrected chi connectivity index (χ0v) is 19.1. The molecule has 1 fully saturated rings. The third kappa shape index (κ3) is 5.26. The lowest BCUT2D eigenvalue weighted by molar-refractivity contribution is 0.101. The molecular formula is C24H27N7O3. The molecule has 1 aromatic heterocycles. The van der Waals surface area contributed by atoms with E-state index in [1.165, 1.54) is 11.8 Å². The predicted molar refractivity (Wildman–Crippen MR) is 128 cm³/mol. The number of benzene rings is 1. The molecule has 1 saturated heterocycles. The van der Waals surface area contributed by atoms with Crippen LogP contribution in [-0.2, 0) is 0 Å². The van der Waals surface area contributed by atoms with E-state index < -0.39 is 12.0 Å². The van der Waals surface area contributed by atoms with Crippen molar-refractivity contribution in [2.24, 2.45) is 10.4 Å². The molecule has 2 amide bonds. The number of aromatic amines is 1. The number of anilines is 1. The van der Waals surface area contributed by atoms with Gasteiger partial charge in [-0.1, -0.05) is 26.0 Å². The first-order valence-corrected chi connectivity index (χ1v) is 11.1. The minimum absolute atomic E-state index is 0.0799. The molecule has 2 aromatic rings. The highest BCUT2D eigenvalue weighted by Crippen LogP contribution is 2.40. The summed E-state index contributed by atoms with van der Waals surface area (Å²) in [5.41, 5.74) is 4.28. The van der Waals surface area contributed by atoms with E-state index in [-0.39, 0.29) is 28.8 Å². The molecule has 1 aliphatic carbocycles. The maximum atomic E-state index is 12.8. The van der Waals surface area contributed by atoms with Gasteiger partial charge in [-0.25, -0.2) is 9.78 Å². The number of hydrogen-bond acceptors (Lipinski definition) is 4. The number of nitriles is 1. The molecule has 0 spiro atoms. The number of carbonyl (C=O) groups excluding carboxylic acids is 1. The number of allylic oxidation sites excluding steroid dienone is 2. The monoisotopic (exact) mass is 461 g/mol. The van der Waals surface area contributed by atoms with Crippen LogP contribution in [0.25, 0.3) is 5.57 Å². The summed E-state index contributed by atoms with van der Waals surface area (Å²) in [5.74, 6) is 0.0134. The number of aromatic nitrogens is 2. The first-order valence-electron chi connectivity index (χ1n) is 11.1. The van der Waals surface area contributed by atoms with Crippen molar-refractivity contribution in [3.63, 3.8) is 0 Å². The number of aliphatic imine (C=N–C) groups is 1. The standard InChI is InChI=1S/C24H27N7O3/c1-24(2)7-5-14(6-8-24)18-9-15(16-11-27-22(28-12-16)31-23(33)34)3-4-19(18)30-21(32)20-26-13-17(10-25)29-20/h3-5,9,13,16H,6-8,11-12H2,1-2H3,(H,26,29)(H,30,32)(H,33,34)(H2,27,28,31). The van der Waals surface area contributed by atoms with E-state index in [9.17, 15) is 9.59 Å². The maximum Gasteiger partial charge on any atom is 0.434 e. The van der Waals surface area contributed by atoms with Gasteiger partial charge in [-0.3, -0.25) is 4.79 Å². The molecule has 0 radical (unpaired) electrons. The van der Waals surface area contributed by atoms with Crippen LogP contribution in [0.5, 0.6) is 0 Å². The van der Waals surface area contributed by atoms with E-state index in [0.717, 1.165) is 30.4 Å². The van der Waals surface area contributed by atoms with Crippen molar-refractivity contribution in [1.29, 1.82) is 5.26 Å². The molecule has 5 N–H and O–H groups in total. The van der Waals surface area contributed by atoms with Gasteiger partial charge in [0.2, 0.25) is 5.96 Å². The summed E-state index contributed by atoms with van der Waals surface area (Å²) in [5, 5.41) is 26.8. The van der Waals surface area contributed by atoms with E-state index >= 15 is 0 Å². The van der Waals surface area contributed by atoms with Gasteiger partial charge in [0.05, 0.1) is 0 Å². The predicted octanol–water partition coefficient (Wildman–Crippen LogP) is 3.44. The minimum atomic E-state index is -1.25. The average molecular weight is 462 g/mol. The summed E-state index contributed by atoms with van der Waals surface area (Å²) in [6.45, 7) is 5.58. The van der Waals surface area contributed by atoms with Gasteiger partial charge in [-0.2, -0.15) is 5.26 Å². The van der Waals surface area contributed by atoms with Crippen LogP contribution in [0.15, 0.2) is 35.5 Å². The Kier molecular flexibility index (Phi) is 6.36. The molecule has 176 valence electrons. The quantitative estimate of drug-likeness (QED) is 0.467. The second kappa shape index (κ2) is 9.39. The van der Waals surface area contributed by atoms with Crippen LogP contribution >= 0.6 is 0 Å². The first-order chi connectivity index (χ1) is 16.2. The van der Waals surface area contributed by atoms with Crippen LogP contribution in [0.4, 0.5) is 10.5 Å². The molecular weight excluding hydrogens is 434 g/mol. The van der Waals surface area contributed by atoms with Gasteiger partial charge in [0.15, 0.2) is 11.5 Å². The number of carbonyl (C=O) groups is 2. The van der Waals surface area contributed by atoms with E-state index in [1.807, 2.05) is 18.2 Å². The van der Waals surface area contributed by atoms with Gasteiger partial charge in [0, 0.05) is 36.5 Å². The van der Waals surface area contributed by atoms with Crippen molar-refractivity contribution < 1.29 is 14.7 Å². The van der Waals surface area contributed by atoms with Gasteiger partial charge >= 0.3 is 6.09 Å². The number of rotatable bonds is 4. The molecule has 0 saturated carbocycles. The molecule has 10 nitrogen and oxygen atoms in total. The fourth-order valence-corrected chi connectivity index (χ4v) is 4.17. The smallest absolute Gasteiger partial charge is 0.434 e. The van der Waals surface area contributed by atoms with Gasteiger partial charge in [-0.05, 0) is 47.9 Å². The van der Waals surface area contributed by atoms with Gasteiger partial charge in [0.25, 0.3) is 5.91 Å². The Hall–Kier alpha value is -4.13. The van der Waals surface area contributed by atoms with E-state index in [4.69, 9.17) is 10.4 Å². The summed E-state index contributed by atoms with van der Waals surface area (Å²) < 4.78 is 0. The highest BCUT2D eigenvalue weighted by atomic mass is 16.4. The number of amides is 2. The van der Waals surface area contributed by atoms with Crippen LogP contribution in [0.1, 0.15) is 66.5 Å². The van der Waals surface area contributed by atoms with E-state index in [0.29, 0.717) is 18.8 Å². The van der Waals surface area contributed by atoms with Gasteiger partial charge in [-0.15, -0.1) is 4.99 Å². The molecule has 1 aromatic carbocycles. The number of carboxylic acid groups (broad SMARTS) is 1. The Labute approximate surface area is 197 Å². The number of H-pyrrole nitrogens is 1. The van der Waals surface area contributed by atoms with Crippen molar-refractivity contribution in [2.45, 2.75) is 39.0 Å². The molecule has 0 atom stereocenters. The minimum Gasteiger partial charge on any atom is -0.463 e. The molecule has 1 aliphatic heterocycles. The van der Waals surface area contributed by atoms with E-state index in [2.05, 4.69) is 56.9 Å².